The highest BCUT2D eigenvalue weighted by molar-refractivity contribution is 5.93. The largest absolute Gasteiger partial charge is 0.364 e. The van der Waals surface area contributed by atoms with E-state index in [-0.39, 0.29) is 22.9 Å². The second-order valence-electron chi connectivity index (χ2n) is 4.90. The van der Waals surface area contributed by atoms with E-state index >= 15 is 0 Å². The molecule has 1 unspecified atom stereocenters. The van der Waals surface area contributed by atoms with Gasteiger partial charge in [-0.15, -0.1) is 0 Å². The third-order valence-electron chi connectivity index (χ3n) is 3.47. The van der Waals surface area contributed by atoms with Gasteiger partial charge in [-0.2, -0.15) is 0 Å². The molecule has 2 rings (SSSR count). The number of nitrogens with one attached hydrogen (secondary N) is 1. The first-order valence-corrected chi connectivity index (χ1v) is 6.52. The van der Waals surface area contributed by atoms with E-state index in [9.17, 15) is 9.59 Å². The Morgan fingerprint density at radius 2 is 1.90 bits per heavy atom. The standard InChI is InChI=1S/C16H18N2O2/c1-11-9-15(19)14(10-17-11)16(20)18(3)12(2)13-7-5-4-6-8-13/h4-10,12H,1-3H3,(H,17,19). The summed E-state index contributed by atoms with van der Waals surface area (Å²) in [6.07, 6.45) is 1.48. The quantitative estimate of drug-likeness (QED) is 0.931. The third-order valence-corrected chi connectivity index (χ3v) is 3.47. The van der Waals surface area contributed by atoms with E-state index in [0.29, 0.717) is 0 Å². The van der Waals surface area contributed by atoms with Gasteiger partial charge in [-0.1, -0.05) is 30.3 Å². The zero-order valence-electron chi connectivity index (χ0n) is 11.9. The van der Waals surface area contributed by atoms with Gasteiger partial charge in [0.15, 0.2) is 5.43 Å². The number of hydrogen-bond donors (Lipinski definition) is 1. The van der Waals surface area contributed by atoms with Crippen LogP contribution in [-0.2, 0) is 0 Å². The number of nitrogens with zero attached hydrogens (tertiary/aromatic N) is 1. The second kappa shape index (κ2) is 5.74. The van der Waals surface area contributed by atoms with Crippen molar-refractivity contribution in [2.24, 2.45) is 0 Å². The lowest BCUT2D eigenvalue weighted by molar-refractivity contribution is 0.0741. The normalized spacial score (nSPS) is 11.9. The van der Waals surface area contributed by atoms with Gasteiger partial charge in [-0.3, -0.25) is 9.59 Å². The molecule has 20 heavy (non-hydrogen) atoms. The number of rotatable bonds is 3. The molecule has 0 fully saturated rings. The van der Waals surface area contributed by atoms with Crippen LogP contribution < -0.4 is 5.43 Å². The summed E-state index contributed by atoms with van der Waals surface area (Å²) < 4.78 is 0. The first-order valence-electron chi connectivity index (χ1n) is 6.52. The molecule has 104 valence electrons. The predicted molar refractivity (Wildman–Crippen MR) is 78.8 cm³/mol. The minimum absolute atomic E-state index is 0.0931. The van der Waals surface area contributed by atoms with E-state index in [1.807, 2.05) is 37.3 Å². The maximum absolute atomic E-state index is 12.4. The first kappa shape index (κ1) is 14.1. The molecule has 0 aliphatic heterocycles. The molecule has 2 aromatic rings. The van der Waals surface area contributed by atoms with E-state index in [1.54, 1.807) is 18.9 Å². The van der Waals surface area contributed by atoms with Gasteiger partial charge in [0.05, 0.1) is 6.04 Å². The Morgan fingerprint density at radius 3 is 2.50 bits per heavy atom. The van der Waals surface area contributed by atoms with E-state index in [2.05, 4.69) is 4.98 Å². The lowest BCUT2D eigenvalue weighted by atomic mass is 10.1. The van der Waals surface area contributed by atoms with Crippen molar-refractivity contribution < 1.29 is 4.79 Å². The molecule has 1 N–H and O–H groups in total. The Morgan fingerprint density at radius 1 is 1.25 bits per heavy atom. The molecular formula is C16H18N2O2. The van der Waals surface area contributed by atoms with Crippen LogP contribution in [0, 0.1) is 6.92 Å². The van der Waals surface area contributed by atoms with Crippen molar-refractivity contribution in [1.82, 2.24) is 9.88 Å². The molecule has 1 atom stereocenters. The number of aromatic amines is 1. The zero-order valence-corrected chi connectivity index (χ0v) is 11.9. The number of aryl methyl sites for hydroxylation is 1. The average molecular weight is 270 g/mol. The molecule has 1 heterocycles. The van der Waals surface area contributed by atoms with Crippen LogP contribution in [0.1, 0.15) is 34.6 Å². The number of H-pyrrole nitrogens is 1. The van der Waals surface area contributed by atoms with Crippen LogP contribution in [0.25, 0.3) is 0 Å². The first-order chi connectivity index (χ1) is 9.50. The van der Waals surface area contributed by atoms with Crippen LogP contribution >= 0.6 is 0 Å². The summed E-state index contributed by atoms with van der Waals surface area (Å²) in [6.45, 7) is 3.72. The molecule has 0 saturated heterocycles. The number of benzene rings is 1. The monoisotopic (exact) mass is 270 g/mol. The van der Waals surface area contributed by atoms with E-state index in [1.165, 1.54) is 12.3 Å². The minimum Gasteiger partial charge on any atom is -0.364 e. The van der Waals surface area contributed by atoms with Gasteiger partial charge in [0.1, 0.15) is 5.56 Å². The molecule has 4 nitrogen and oxygen atoms in total. The summed E-state index contributed by atoms with van der Waals surface area (Å²) in [5.74, 6) is -0.275. The van der Waals surface area contributed by atoms with Crippen molar-refractivity contribution in [3.8, 4) is 0 Å². The SMILES string of the molecule is Cc1cc(=O)c(C(=O)N(C)C(C)c2ccccc2)c[nH]1. The molecule has 1 aromatic heterocycles. The van der Waals surface area contributed by atoms with Crippen LogP contribution in [0.2, 0.25) is 0 Å². The molecule has 0 aliphatic rings. The highest BCUT2D eigenvalue weighted by Crippen LogP contribution is 2.19. The van der Waals surface area contributed by atoms with Gasteiger partial charge in [0.25, 0.3) is 5.91 Å². The summed E-state index contributed by atoms with van der Waals surface area (Å²) in [5, 5.41) is 0. The van der Waals surface area contributed by atoms with Crippen molar-refractivity contribution in [1.29, 1.82) is 0 Å². The fraction of sp³-hybridized carbons (Fsp3) is 0.250. The molecule has 4 heteroatoms. The Labute approximate surface area is 118 Å². The summed E-state index contributed by atoms with van der Waals surface area (Å²) in [7, 11) is 1.71. The topological polar surface area (TPSA) is 53.2 Å². The lowest BCUT2D eigenvalue weighted by Crippen LogP contribution is -2.33. The van der Waals surface area contributed by atoms with Crippen LogP contribution in [0.5, 0.6) is 0 Å². The fourth-order valence-corrected chi connectivity index (χ4v) is 2.06. The van der Waals surface area contributed by atoms with Gasteiger partial charge in [-0.25, -0.2) is 0 Å². The van der Waals surface area contributed by atoms with Crippen LogP contribution in [0.15, 0.2) is 47.4 Å². The number of hydrogen-bond acceptors (Lipinski definition) is 2. The molecule has 0 bridgehead atoms. The molecular weight excluding hydrogens is 252 g/mol. The number of amides is 1. The van der Waals surface area contributed by atoms with Crippen molar-refractivity contribution in [3.05, 3.63) is 69.6 Å². The van der Waals surface area contributed by atoms with Gasteiger partial charge in [-0.05, 0) is 19.4 Å². The highest BCUT2D eigenvalue weighted by Gasteiger charge is 2.20. The van der Waals surface area contributed by atoms with Gasteiger partial charge in [0.2, 0.25) is 0 Å². The minimum atomic E-state index is -0.275. The summed E-state index contributed by atoms with van der Waals surface area (Å²) >= 11 is 0. The number of pyridine rings is 1. The molecule has 0 radical (unpaired) electrons. The molecule has 0 saturated carbocycles. The molecule has 0 aliphatic carbocycles. The number of carbonyl (C=O) groups excluding carboxylic acids is 1. The van der Waals surface area contributed by atoms with Crippen molar-refractivity contribution in [2.45, 2.75) is 19.9 Å². The second-order valence-corrected chi connectivity index (χ2v) is 4.90. The average Bonchev–Trinajstić information content (AvgIpc) is 2.46. The van der Waals surface area contributed by atoms with Crippen LogP contribution in [0.4, 0.5) is 0 Å². The Bertz CT molecular complexity index is 662. The Balaban J connectivity index is 2.27. The molecule has 1 aromatic carbocycles. The molecule has 0 spiro atoms. The van der Waals surface area contributed by atoms with Crippen LogP contribution in [0.3, 0.4) is 0 Å². The summed E-state index contributed by atoms with van der Waals surface area (Å²) in [6, 6.07) is 11.1. The van der Waals surface area contributed by atoms with Gasteiger partial charge < -0.3 is 9.88 Å². The fourth-order valence-electron chi connectivity index (χ4n) is 2.06. The maximum Gasteiger partial charge on any atom is 0.259 e. The third kappa shape index (κ3) is 2.79. The predicted octanol–water partition coefficient (Wildman–Crippen LogP) is 2.52. The Kier molecular flexibility index (Phi) is 4.03. The molecule has 1 amide bonds. The number of carbonyl (C=O) groups is 1. The van der Waals surface area contributed by atoms with Crippen molar-refractivity contribution in [3.63, 3.8) is 0 Å². The summed E-state index contributed by atoms with van der Waals surface area (Å²) in [4.78, 5) is 28.8. The summed E-state index contributed by atoms with van der Waals surface area (Å²) in [5.41, 5.74) is 1.69. The van der Waals surface area contributed by atoms with Crippen molar-refractivity contribution >= 4 is 5.91 Å². The maximum atomic E-state index is 12.4. The van der Waals surface area contributed by atoms with E-state index < -0.39 is 0 Å². The number of aromatic nitrogens is 1. The highest BCUT2D eigenvalue weighted by atomic mass is 16.2. The Hall–Kier alpha value is -2.36. The van der Waals surface area contributed by atoms with E-state index in [4.69, 9.17) is 0 Å². The lowest BCUT2D eigenvalue weighted by Gasteiger charge is -2.25. The van der Waals surface area contributed by atoms with Crippen molar-refractivity contribution in [2.75, 3.05) is 7.05 Å². The van der Waals surface area contributed by atoms with Crippen LogP contribution in [-0.4, -0.2) is 22.8 Å². The van der Waals surface area contributed by atoms with E-state index in [0.717, 1.165) is 11.3 Å². The van der Waals surface area contributed by atoms with Gasteiger partial charge >= 0.3 is 0 Å². The zero-order chi connectivity index (χ0) is 14.7. The van der Waals surface area contributed by atoms with Gasteiger partial charge in [0, 0.05) is 25.0 Å². The smallest absolute Gasteiger partial charge is 0.259 e.